The molecule has 1 amide bonds. The number of benzene rings is 1. The Labute approximate surface area is 160 Å². The molecule has 2 heterocycles. The second kappa shape index (κ2) is 8.63. The number of nitrogens with one attached hydrogen (secondary N) is 2. The highest BCUT2D eigenvalue weighted by Gasteiger charge is 2.15. The lowest BCUT2D eigenvalue weighted by Crippen LogP contribution is -2.38. The monoisotopic (exact) mass is 387 g/mol. The molecular weight excluding hydrogens is 370 g/mol. The highest BCUT2D eigenvalue weighted by Crippen LogP contribution is 2.21. The van der Waals surface area contributed by atoms with E-state index in [-0.39, 0.29) is 10.9 Å². The standard InChI is InChI=1S/C17H17N5O2S2/c1-2-14-19-20-17(26-11-12-7-4-3-5-8-12)22(14)21-16(25)18-15(23)13-9-6-10-24-13/h3-10H,2,11H2,1H3,(H2,18,21,23,25). The van der Waals surface area contributed by atoms with Gasteiger partial charge in [0.1, 0.15) is 0 Å². The SMILES string of the molecule is CCc1nnc(SCc2ccccc2)n1NC(=S)NC(=O)c1ccco1. The first-order valence-electron chi connectivity index (χ1n) is 7.94. The molecule has 0 aliphatic rings. The molecule has 1 aromatic carbocycles. The van der Waals surface area contributed by atoms with Crippen molar-refractivity contribution in [3.63, 3.8) is 0 Å². The topological polar surface area (TPSA) is 85.0 Å². The van der Waals surface area contributed by atoms with Crippen LogP contribution in [0, 0.1) is 0 Å². The summed E-state index contributed by atoms with van der Waals surface area (Å²) in [4.78, 5) is 12.0. The van der Waals surface area contributed by atoms with Crippen LogP contribution >= 0.6 is 24.0 Å². The molecule has 0 fully saturated rings. The molecule has 0 saturated carbocycles. The molecule has 3 aromatic rings. The van der Waals surface area contributed by atoms with Crippen molar-refractivity contribution < 1.29 is 9.21 Å². The molecule has 0 bridgehead atoms. The summed E-state index contributed by atoms with van der Waals surface area (Å²) in [6, 6.07) is 13.3. The van der Waals surface area contributed by atoms with Gasteiger partial charge < -0.3 is 4.42 Å². The van der Waals surface area contributed by atoms with E-state index in [2.05, 4.69) is 33.1 Å². The Morgan fingerprint density at radius 2 is 2.04 bits per heavy atom. The van der Waals surface area contributed by atoms with Gasteiger partial charge in [0.05, 0.1) is 6.26 Å². The minimum atomic E-state index is -0.419. The van der Waals surface area contributed by atoms with Gasteiger partial charge in [0.15, 0.2) is 16.7 Å². The molecule has 26 heavy (non-hydrogen) atoms. The zero-order chi connectivity index (χ0) is 18.4. The van der Waals surface area contributed by atoms with E-state index in [0.29, 0.717) is 11.6 Å². The zero-order valence-electron chi connectivity index (χ0n) is 14.0. The third kappa shape index (κ3) is 4.50. The first kappa shape index (κ1) is 18.2. The number of thiocarbonyl (C=S) groups is 1. The second-order valence-electron chi connectivity index (χ2n) is 5.23. The van der Waals surface area contributed by atoms with Crippen LogP contribution < -0.4 is 10.7 Å². The van der Waals surface area contributed by atoms with Crippen LogP contribution in [0.25, 0.3) is 0 Å². The van der Waals surface area contributed by atoms with Crippen LogP contribution in [0.4, 0.5) is 0 Å². The van der Waals surface area contributed by atoms with E-state index in [1.807, 2.05) is 25.1 Å². The van der Waals surface area contributed by atoms with Crippen LogP contribution in [0.3, 0.4) is 0 Å². The summed E-state index contributed by atoms with van der Waals surface area (Å²) in [6.07, 6.45) is 2.10. The van der Waals surface area contributed by atoms with Crippen molar-refractivity contribution in [2.75, 3.05) is 5.43 Å². The molecule has 0 saturated heterocycles. The number of rotatable bonds is 6. The van der Waals surface area contributed by atoms with E-state index in [0.717, 1.165) is 11.6 Å². The van der Waals surface area contributed by atoms with E-state index in [1.165, 1.54) is 23.6 Å². The van der Waals surface area contributed by atoms with E-state index < -0.39 is 5.91 Å². The molecule has 134 valence electrons. The molecule has 9 heteroatoms. The van der Waals surface area contributed by atoms with Crippen LogP contribution in [0.2, 0.25) is 0 Å². The summed E-state index contributed by atoms with van der Waals surface area (Å²) < 4.78 is 6.75. The van der Waals surface area contributed by atoms with Crippen LogP contribution in [-0.2, 0) is 12.2 Å². The van der Waals surface area contributed by atoms with Crippen LogP contribution in [0.15, 0.2) is 58.3 Å². The highest BCUT2D eigenvalue weighted by molar-refractivity contribution is 7.98. The molecule has 0 aliphatic heterocycles. The number of hydrogen-bond acceptors (Lipinski definition) is 6. The predicted molar refractivity (Wildman–Crippen MR) is 104 cm³/mol. The predicted octanol–water partition coefficient (Wildman–Crippen LogP) is 2.98. The number of carbonyl (C=O) groups is 1. The Bertz CT molecular complexity index is 878. The number of aryl methyl sites for hydroxylation is 1. The number of amides is 1. The summed E-state index contributed by atoms with van der Waals surface area (Å²) >= 11 is 6.76. The summed E-state index contributed by atoms with van der Waals surface area (Å²) in [5, 5.41) is 11.8. The third-order valence-corrected chi connectivity index (χ3v) is 4.61. The Balaban J connectivity index is 1.67. The van der Waals surface area contributed by atoms with Crippen LogP contribution in [0.1, 0.15) is 28.9 Å². The van der Waals surface area contributed by atoms with E-state index in [1.54, 1.807) is 16.8 Å². The minimum absolute atomic E-state index is 0.141. The highest BCUT2D eigenvalue weighted by atomic mass is 32.2. The number of furan rings is 1. The second-order valence-corrected chi connectivity index (χ2v) is 6.59. The lowest BCUT2D eigenvalue weighted by atomic mass is 10.2. The fourth-order valence-electron chi connectivity index (χ4n) is 2.16. The van der Waals surface area contributed by atoms with E-state index in [4.69, 9.17) is 16.6 Å². The first-order valence-corrected chi connectivity index (χ1v) is 9.33. The molecule has 0 spiro atoms. The Morgan fingerprint density at radius 1 is 1.23 bits per heavy atom. The summed E-state index contributed by atoms with van der Waals surface area (Å²) in [5.41, 5.74) is 4.15. The van der Waals surface area contributed by atoms with Gasteiger partial charge in [0, 0.05) is 12.2 Å². The lowest BCUT2D eigenvalue weighted by Gasteiger charge is -2.13. The molecule has 0 radical (unpaired) electrons. The Hall–Kier alpha value is -2.65. The average Bonchev–Trinajstić information content (AvgIpc) is 3.31. The maximum Gasteiger partial charge on any atom is 0.293 e. The third-order valence-electron chi connectivity index (χ3n) is 3.41. The van der Waals surface area contributed by atoms with Crippen molar-refractivity contribution in [2.45, 2.75) is 24.3 Å². The number of hydrogen-bond donors (Lipinski definition) is 2. The van der Waals surface area contributed by atoms with Crippen LogP contribution in [0.5, 0.6) is 0 Å². The van der Waals surface area contributed by atoms with Crippen molar-refractivity contribution in [1.29, 1.82) is 0 Å². The zero-order valence-corrected chi connectivity index (χ0v) is 15.6. The van der Waals surface area contributed by atoms with Crippen LogP contribution in [-0.4, -0.2) is 25.9 Å². The molecule has 3 rings (SSSR count). The van der Waals surface area contributed by atoms with Gasteiger partial charge in [0.25, 0.3) is 5.91 Å². The van der Waals surface area contributed by atoms with Gasteiger partial charge in [-0.2, -0.15) is 0 Å². The van der Waals surface area contributed by atoms with Crippen molar-refractivity contribution in [3.8, 4) is 0 Å². The van der Waals surface area contributed by atoms with Gasteiger partial charge >= 0.3 is 0 Å². The maximum atomic E-state index is 12.0. The summed E-state index contributed by atoms with van der Waals surface area (Å²) in [7, 11) is 0. The summed E-state index contributed by atoms with van der Waals surface area (Å²) in [5.74, 6) is 1.23. The number of thioether (sulfide) groups is 1. The molecule has 7 nitrogen and oxygen atoms in total. The van der Waals surface area contributed by atoms with Crippen molar-refractivity contribution in [3.05, 3.63) is 65.9 Å². The van der Waals surface area contributed by atoms with E-state index >= 15 is 0 Å². The van der Waals surface area contributed by atoms with Gasteiger partial charge in [-0.25, -0.2) is 4.68 Å². The van der Waals surface area contributed by atoms with Gasteiger partial charge in [-0.1, -0.05) is 49.0 Å². The van der Waals surface area contributed by atoms with Crippen molar-refractivity contribution >= 4 is 35.0 Å². The molecule has 2 aromatic heterocycles. The van der Waals surface area contributed by atoms with Gasteiger partial charge in [0.2, 0.25) is 5.16 Å². The Morgan fingerprint density at radius 3 is 2.73 bits per heavy atom. The fraction of sp³-hybridized carbons (Fsp3) is 0.176. The minimum Gasteiger partial charge on any atom is -0.459 e. The maximum absolute atomic E-state index is 12.0. The molecular formula is C17H17N5O2S2. The number of nitrogens with zero attached hydrogens (tertiary/aromatic N) is 3. The largest absolute Gasteiger partial charge is 0.459 e. The normalized spacial score (nSPS) is 10.5. The Kier molecular flexibility index (Phi) is 6.03. The molecule has 0 atom stereocenters. The molecule has 2 N–H and O–H groups in total. The van der Waals surface area contributed by atoms with E-state index in [9.17, 15) is 4.79 Å². The average molecular weight is 387 g/mol. The summed E-state index contributed by atoms with van der Waals surface area (Å²) in [6.45, 7) is 1.97. The van der Waals surface area contributed by atoms with Crippen molar-refractivity contribution in [2.24, 2.45) is 0 Å². The smallest absolute Gasteiger partial charge is 0.293 e. The quantitative estimate of drug-likeness (QED) is 0.497. The number of aromatic nitrogens is 3. The molecule has 0 aliphatic carbocycles. The van der Waals surface area contributed by atoms with Gasteiger partial charge in [-0.15, -0.1) is 10.2 Å². The van der Waals surface area contributed by atoms with Crippen molar-refractivity contribution in [1.82, 2.24) is 20.2 Å². The lowest BCUT2D eigenvalue weighted by molar-refractivity contribution is 0.0950. The number of carbonyl (C=O) groups excluding carboxylic acids is 1. The molecule has 0 unspecified atom stereocenters. The van der Waals surface area contributed by atoms with Gasteiger partial charge in [-0.3, -0.25) is 15.5 Å². The van der Waals surface area contributed by atoms with Gasteiger partial charge in [-0.05, 0) is 29.9 Å². The first-order chi connectivity index (χ1) is 12.7. The fourth-order valence-corrected chi connectivity index (χ4v) is 3.21.